The third-order valence-electron chi connectivity index (χ3n) is 2.30. The minimum absolute atomic E-state index is 0.0563. The summed E-state index contributed by atoms with van der Waals surface area (Å²) in [5.74, 6) is -0.834. The van der Waals surface area contributed by atoms with Gasteiger partial charge in [-0.3, -0.25) is 4.79 Å². The average molecular weight is 202 g/mol. The van der Waals surface area contributed by atoms with Crippen LogP contribution in [0.15, 0.2) is 0 Å². The highest BCUT2D eigenvalue weighted by Gasteiger charge is 2.19. The number of rotatable bonds is 8. The lowest BCUT2D eigenvalue weighted by Crippen LogP contribution is -2.49. The zero-order valence-electron chi connectivity index (χ0n) is 8.96. The first kappa shape index (κ1) is 13.4. The van der Waals surface area contributed by atoms with E-state index in [2.05, 4.69) is 6.92 Å². The Morgan fingerprint density at radius 3 is 2.36 bits per heavy atom. The number of nitrogens with two attached hydrogens (primary N) is 2. The number of hydrogen-bond acceptors (Lipinski definition) is 3. The molecule has 0 aliphatic heterocycles. The van der Waals surface area contributed by atoms with Crippen LogP contribution in [-0.4, -0.2) is 16.7 Å². The highest BCUT2D eigenvalue weighted by Crippen LogP contribution is 2.13. The van der Waals surface area contributed by atoms with Gasteiger partial charge in [0.2, 0.25) is 0 Å². The fourth-order valence-corrected chi connectivity index (χ4v) is 1.35. The van der Waals surface area contributed by atoms with Gasteiger partial charge < -0.3 is 16.6 Å². The Hall–Kier alpha value is -0.610. The number of aliphatic carboxylic acids is 1. The van der Waals surface area contributed by atoms with Crippen molar-refractivity contribution in [3.8, 4) is 0 Å². The molecule has 0 saturated carbocycles. The predicted octanol–water partition coefficient (Wildman–Crippen LogP) is 1.44. The Morgan fingerprint density at radius 2 is 1.86 bits per heavy atom. The second-order valence-electron chi connectivity index (χ2n) is 3.94. The molecule has 0 amide bonds. The summed E-state index contributed by atoms with van der Waals surface area (Å²) in [5, 5.41) is 8.48. The molecule has 0 fully saturated rings. The van der Waals surface area contributed by atoms with Crippen LogP contribution in [0.25, 0.3) is 0 Å². The molecule has 0 unspecified atom stereocenters. The number of hydrogen-bond donors (Lipinski definition) is 3. The van der Waals surface area contributed by atoms with Crippen LogP contribution in [0.3, 0.4) is 0 Å². The lowest BCUT2D eigenvalue weighted by molar-refractivity contribution is -0.137. The van der Waals surface area contributed by atoms with Crippen LogP contribution >= 0.6 is 0 Å². The van der Waals surface area contributed by atoms with Gasteiger partial charge in [0.25, 0.3) is 0 Å². The van der Waals surface area contributed by atoms with Gasteiger partial charge in [0.15, 0.2) is 0 Å². The molecule has 0 aromatic rings. The van der Waals surface area contributed by atoms with Gasteiger partial charge >= 0.3 is 5.97 Å². The standard InChI is InChI=1S/C10H22N2O2/c1-2-3-4-5-7-10(11,12)8-6-9(13)14/h2-8,11-12H2,1H3,(H,13,14). The van der Waals surface area contributed by atoms with Crippen molar-refractivity contribution in [2.75, 3.05) is 0 Å². The van der Waals surface area contributed by atoms with Crippen LogP contribution in [0.4, 0.5) is 0 Å². The van der Waals surface area contributed by atoms with Crippen molar-refractivity contribution in [1.29, 1.82) is 0 Å². The SMILES string of the molecule is CCCCCCC(N)(N)CCC(=O)O. The van der Waals surface area contributed by atoms with Crippen molar-refractivity contribution >= 4 is 5.97 Å². The van der Waals surface area contributed by atoms with Gasteiger partial charge in [0, 0.05) is 6.42 Å². The summed E-state index contributed by atoms with van der Waals surface area (Å²) in [7, 11) is 0. The molecule has 0 radical (unpaired) electrons. The van der Waals surface area contributed by atoms with Gasteiger partial charge in [-0.05, 0) is 12.8 Å². The molecule has 0 heterocycles. The molecule has 0 bridgehead atoms. The molecule has 0 aliphatic carbocycles. The quantitative estimate of drug-likeness (QED) is 0.410. The molecule has 4 heteroatoms. The van der Waals surface area contributed by atoms with Gasteiger partial charge in [0.1, 0.15) is 0 Å². The molecular weight excluding hydrogens is 180 g/mol. The molecule has 84 valence electrons. The van der Waals surface area contributed by atoms with E-state index in [1.54, 1.807) is 0 Å². The molecule has 0 aromatic carbocycles. The molecule has 0 rings (SSSR count). The first-order valence-corrected chi connectivity index (χ1v) is 5.27. The Morgan fingerprint density at radius 1 is 1.21 bits per heavy atom. The van der Waals surface area contributed by atoms with E-state index in [1.165, 1.54) is 12.8 Å². The second kappa shape index (κ2) is 6.79. The summed E-state index contributed by atoms with van der Waals surface area (Å²) in [6.07, 6.45) is 5.60. The Balaban J connectivity index is 3.55. The Labute approximate surface area is 85.7 Å². The van der Waals surface area contributed by atoms with E-state index in [0.29, 0.717) is 12.8 Å². The van der Waals surface area contributed by atoms with Crippen molar-refractivity contribution in [2.24, 2.45) is 11.5 Å². The van der Waals surface area contributed by atoms with Crippen molar-refractivity contribution in [2.45, 2.75) is 57.5 Å². The Bertz CT molecular complexity index is 170. The molecule has 0 aromatic heterocycles. The third kappa shape index (κ3) is 8.01. The zero-order valence-corrected chi connectivity index (χ0v) is 8.96. The molecule has 5 N–H and O–H groups in total. The summed E-state index contributed by atoms with van der Waals surface area (Å²) in [6, 6.07) is 0. The minimum atomic E-state index is -0.834. The van der Waals surface area contributed by atoms with Crippen LogP contribution in [-0.2, 0) is 4.79 Å². The van der Waals surface area contributed by atoms with Crippen LogP contribution < -0.4 is 11.5 Å². The van der Waals surface area contributed by atoms with E-state index in [-0.39, 0.29) is 6.42 Å². The van der Waals surface area contributed by atoms with Crippen molar-refractivity contribution in [3.63, 3.8) is 0 Å². The largest absolute Gasteiger partial charge is 0.481 e. The van der Waals surface area contributed by atoms with Gasteiger partial charge in [-0.1, -0.05) is 32.6 Å². The summed E-state index contributed by atoms with van der Waals surface area (Å²) in [5.41, 5.74) is 10.7. The van der Waals surface area contributed by atoms with Crippen molar-refractivity contribution in [1.82, 2.24) is 0 Å². The number of carboxylic acids is 1. The summed E-state index contributed by atoms with van der Waals surface area (Å²) in [4.78, 5) is 10.3. The van der Waals surface area contributed by atoms with E-state index in [1.807, 2.05) is 0 Å². The van der Waals surface area contributed by atoms with Gasteiger partial charge in [-0.2, -0.15) is 0 Å². The van der Waals surface area contributed by atoms with Gasteiger partial charge in [-0.25, -0.2) is 0 Å². The summed E-state index contributed by atoms with van der Waals surface area (Å²) >= 11 is 0. The monoisotopic (exact) mass is 202 g/mol. The van der Waals surface area contributed by atoms with Crippen LogP contribution in [0.5, 0.6) is 0 Å². The zero-order chi connectivity index (χ0) is 11.0. The van der Waals surface area contributed by atoms with Crippen LogP contribution in [0.1, 0.15) is 51.9 Å². The smallest absolute Gasteiger partial charge is 0.303 e. The maximum atomic E-state index is 10.3. The van der Waals surface area contributed by atoms with E-state index in [4.69, 9.17) is 16.6 Å². The maximum absolute atomic E-state index is 10.3. The van der Waals surface area contributed by atoms with E-state index in [0.717, 1.165) is 12.8 Å². The predicted molar refractivity (Wildman–Crippen MR) is 56.7 cm³/mol. The van der Waals surface area contributed by atoms with E-state index >= 15 is 0 Å². The minimum Gasteiger partial charge on any atom is -0.481 e. The highest BCUT2D eigenvalue weighted by atomic mass is 16.4. The average Bonchev–Trinajstić information content (AvgIpc) is 2.10. The van der Waals surface area contributed by atoms with Crippen molar-refractivity contribution in [3.05, 3.63) is 0 Å². The number of unbranched alkanes of at least 4 members (excludes halogenated alkanes) is 3. The molecule has 0 atom stereocenters. The van der Waals surface area contributed by atoms with Crippen molar-refractivity contribution < 1.29 is 9.90 Å². The van der Waals surface area contributed by atoms with Crippen LogP contribution in [0.2, 0.25) is 0 Å². The topological polar surface area (TPSA) is 89.3 Å². The highest BCUT2D eigenvalue weighted by molar-refractivity contribution is 5.66. The molecule has 14 heavy (non-hydrogen) atoms. The summed E-state index contributed by atoms with van der Waals surface area (Å²) < 4.78 is 0. The lowest BCUT2D eigenvalue weighted by Gasteiger charge is -2.23. The molecular formula is C10H22N2O2. The molecule has 0 aliphatic rings. The van der Waals surface area contributed by atoms with Gasteiger partial charge in [0.05, 0.1) is 5.66 Å². The first-order valence-electron chi connectivity index (χ1n) is 5.27. The normalized spacial score (nSPS) is 11.6. The Kier molecular flexibility index (Phi) is 6.49. The second-order valence-corrected chi connectivity index (χ2v) is 3.94. The molecule has 4 nitrogen and oxygen atoms in total. The number of carboxylic acid groups (broad SMARTS) is 1. The fraction of sp³-hybridized carbons (Fsp3) is 0.900. The molecule has 0 saturated heterocycles. The summed E-state index contributed by atoms with van der Waals surface area (Å²) in [6.45, 7) is 2.14. The lowest BCUT2D eigenvalue weighted by atomic mass is 9.98. The fourth-order valence-electron chi connectivity index (χ4n) is 1.35. The maximum Gasteiger partial charge on any atom is 0.303 e. The molecule has 0 spiro atoms. The van der Waals surface area contributed by atoms with Crippen LogP contribution in [0, 0.1) is 0 Å². The third-order valence-corrected chi connectivity index (χ3v) is 2.30. The number of carbonyl (C=O) groups is 1. The first-order chi connectivity index (χ1) is 6.48. The van der Waals surface area contributed by atoms with E-state index < -0.39 is 11.6 Å². The van der Waals surface area contributed by atoms with E-state index in [9.17, 15) is 4.79 Å². The van der Waals surface area contributed by atoms with Gasteiger partial charge in [-0.15, -0.1) is 0 Å².